The van der Waals surface area contributed by atoms with Gasteiger partial charge in [-0.15, -0.1) is 24.0 Å². The first-order valence-corrected chi connectivity index (χ1v) is 10.3. The number of methoxy groups -OCH3 is 1. The van der Waals surface area contributed by atoms with Gasteiger partial charge in [0.05, 0.1) is 26.9 Å². The maximum atomic E-state index is 9.95. The number of aryl methyl sites for hydroxylation is 1. The van der Waals surface area contributed by atoms with E-state index in [2.05, 4.69) is 40.7 Å². The average molecular weight is 541 g/mol. The number of phenolic OH excluding ortho intramolecular Hbond substituents is 1. The first-order valence-electron chi connectivity index (χ1n) is 10.3. The van der Waals surface area contributed by atoms with Gasteiger partial charge in [-0.2, -0.15) is 0 Å². The summed E-state index contributed by atoms with van der Waals surface area (Å²) in [6.45, 7) is 7.24. The molecular formula is C23H32IN3O4. The van der Waals surface area contributed by atoms with E-state index in [0.717, 1.165) is 42.0 Å². The summed E-state index contributed by atoms with van der Waals surface area (Å²) in [5, 5.41) is 16.6. The summed E-state index contributed by atoms with van der Waals surface area (Å²) in [7, 11) is 1.53. The number of ether oxygens (including phenoxy) is 3. The summed E-state index contributed by atoms with van der Waals surface area (Å²) < 4.78 is 16.7. The molecule has 0 spiro atoms. The van der Waals surface area contributed by atoms with Gasteiger partial charge in [0.1, 0.15) is 11.9 Å². The summed E-state index contributed by atoms with van der Waals surface area (Å²) in [5.41, 5.74) is 3.12. The molecule has 1 saturated heterocycles. The highest BCUT2D eigenvalue weighted by molar-refractivity contribution is 14.0. The fourth-order valence-electron chi connectivity index (χ4n) is 3.23. The highest BCUT2D eigenvalue weighted by Gasteiger charge is 2.18. The predicted molar refractivity (Wildman–Crippen MR) is 133 cm³/mol. The van der Waals surface area contributed by atoms with Crippen LogP contribution in [0.3, 0.4) is 0 Å². The minimum atomic E-state index is 0. The van der Waals surface area contributed by atoms with Crippen LogP contribution < -0.4 is 20.1 Å². The smallest absolute Gasteiger partial charge is 0.191 e. The Morgan fingerprint density at radius 1 is 1.19 bits per heavy atom. The molecule has 0 bridgehead atoms. The third-order valence-corrected chi connectivity index (χ3v) is 4.86. The average Bonchev–Trinajstić information content (AvgIpc) is 3.24. The summed E-state index contributed by atoms with van der Waals surface area (Å²) in [6.07, 6.45) is 1.02. The molecule has 0 saturated carbocycles. The van der Waals surface area contributed by atoms with Crippen LogP contribution in [0, 0.1) is 6.92 Å². The van der Waals surface area contributed by atoms with E-state index in [-0.39, 0.29) is 35.8 Å². The molecule has 31 heavy (non-hydrogen) atoms. The molecule has 2 aromatic carbocycles. The number of hydrogen-bond acceptors (Lipinski definition) is 5. The third-order valence-electron chi connectivity index (χ3n) is 4.86. The van der Waals surface area contributed by atoms with Gasteiger partial charge in [-0.3, -0.25) is 0 Å². The molecule has 1 aliphatic rings. The molecular weight excluding hydrogens is 509 g/mol. The van der Waals surface area contributed by atoms with Gasteiger partial charge in [0, 0.05) is 25.1 Å². The Morgan fingerprint density at radius 3 is 2.71 bits per heavy atom. The van der Waals surface area contributed by atoms with Crippen molar-refractivity contribution >= 4 is 29.9 Å². The van der Waals surface area contributed by atoms with Crippen molar-refractivity contribution in [3.05, 3.63) is 53.1 Å². The second-order valence-electron chi connectivity index (χ2n) is 7.27. The van der Waals surface area contributed by atoms with Gasteiger partial charge >= 0.3 is 0 Å². The van der Waals surface area contributed by atoms with Crippen LogP contribution in [0.5, 0.6) is 17.2 Å². The summed E-state index contributed by atoms with van der Waals surface area (Å²) >= 11 is 0. The molecule has 0 amide bonds. The summed E-state index contributed by atoms with van der Waals surface area (Å²) in [4.78, 5) is 4.63. The summed E-state index contributed by atoms with van der Waals surface area (Å²) in [5.74, 6) is 2.14. The first-order chi connectivity index (χ1) is 14.6. The van der Waals surface area contributed by atoms with Crippen molar-refractivity contribution in [3.8, 4) is 17.2 Å². The minimum Gasteiger partial charge on any atom is -0.504 e. The monoisotopic (exact) mass is 541 g/mol. The number of rotatable bonds is 8. The number of aliphatic imine (C=N–C) groups is 1. The lowest BCUT2D eigenvalue weighted by Gasteiger charge is -2.18. The van der Waals surface area contributed by atoms with E-state index < -0.39 is 0 Å². The lowest BCUT2D eigenvalue weighted by molar-refractivity contribution is 0.140. The molecule has 1 unspecified atom stereocenters. The van der Waals surface area contributed by atoms with E-state index in [1.165, 1.54) is 7.11 Å². The van der Waals surface area contributed by atoms with Crippen molar-refractivity contribution in [2.45, 2.75) is 39.5 Å². The second kappa shape index (κ2) is 12.6. The number of guanidine groups is 1. The van der Waals surface area contributed by atoms with Crippen molar-refractivity contribution in [1.82, 2.24) is 10.6 Å². The van der Waals surface area contributed by atoms with Crippen LogP contribution in [0.25, 0.3) is 0 Å². The Labute approximate surface area is 201 Å². The zero-order valence-corrected chi connectivity index (χ0v) is 20.6. The Kier molecular flexibility index (Phi) is 10.2. The Morgan fingerprint density at radius 2 is 2.03 bits per heavy atom. The van der Waals surface area contributed by atoms with Gasteiger partial charge in [-0.25, -0.2) is 4.99 Å². The standard InChI is InChI=1S/C23H31N3O4.HI/c1-4-24-23(25-13-17-6-8-21(28-3)20(27)12-17)26-14-18-7-5-16(2)11-22(18)30-19-9-10-29-15-19;/h5-8,11-12,19,27H,4,9-10,13-15H2,1-3H3,(H2,24,25,26);1H. The number of nitrogens with zero attached hydrogens (tertiary/aromatic N) is 1. The van der Waals surface area contributed by atoms with E-state index >= 15 is 0 Å². The molecule has 8 heteroatoms. The first kappa shape index (κ1) is 25.1. The van der Waals surface area contributed by atoms with E-state index in [0.29, 0.717) is 31.4 Å². The molecule has 1 atom stereocenters. The van der Waals surface area contributed by atoms with Crippen LogP contribution in [0.1, 0.15) is 30.0 Å². The van der Waals surface area contributed by atoms with Gasteiger partial charge in [0.2, 0.25) is 0 Å². The second-order valence-corrected chi connectivity index (χ2v) is 7.27. The number of hydrogen-bond donors (Lipinski definition) is 3. The van der Waals surface area contributed by atoms with Crippen molar-refractivity contribution in [2.24, 2.45) is 4.99 Å². The van der Waals surface area contributed by atoms with Crippen LogP contribution in [0.15, 0.2) is 41.4 Å². The molecule has 0 aromatic heterocycles. The van der Waals surface area contributed by atoms with Crippen molar-refractivity contribution in [3.63, 3.8) is 0 Å². The molecule has 2 aromatic rings. The van der Waals surface area contributed by atoms with Crippen LogP contribution >= 0.6 is 24.0 Å². The number of phenols is 1. The zero-order valence-electron chi connectivity index (χ0n) is 18.3. The number of aromatic hydroxyl groups is 1. The van der Waals surface area contributed by atoms with E-state index in [1.807, 2.05) is 13.0 Å². The van der Waals surface area contributed by atoms with Gasteiger partial charge in [0.15, 0.2) is 17.5 Å². The molecule has 1 heterocycles. The fraction of sp³-hybridized carbons (Fsp3) is 0.435. The minimum absolute atomic E-state index is 0. The van der Waals surface area contributed by atoms with E-state index in [9.17, 15) is 5.11 Å². The topological polar surface area (TPSA) is 84.3 Å². The molecule has 1 fully saturated rings. The van der Waals surface area contributed by atoms with Crippen molar-refractivity contribution in [2.75, 3.05) is 26.9 Å². The fourth-order valence-corrected chi connectivity index (χ4v) is 3.23. The molecule has 3 rings (SSSR count). The summed E-state index contributed by atoms with van der Waals surface area (Å²) in [6, 6.07) is 11.5. The van der Waals surface area contributed by atoms with Gasteiger partial charge in [-0.1, -0.05) is 18.2 Å². The Balaban J connectivity index is 0.00000341. The molecule has 7 nitrogen and oxygen atoms in total. The van der Waals surface area contributed by atoms with Crippen LogP contribution in [0.4, 0.5) is 0 Å². The maximum absolute atomic E-state index is 9.95. The highest BCUT2D eigenvalue weighted by atomic mass is 127. The normalized spacial score (nSPS) is 15.8. The van der Waals surface area contributed by atoms with Gasteiger partial charge in [0.25, 0.3) is 0 Å². The van der Waals surface area contributed by atoms with Gasteiger partial charge < -0.3 is 30.0 Å². The molecule has 0 aliphatic carbocycles. The van der Waals surface area contributed by atoms with Crippen LogP contribution in [-0.4, -0.2) is 44.0 Å². The highest BCUT2D eigenvalue weighted by Crippen LogP contribution is 2.26. The van der Waals surface area contributed by atoms with E-state index in [1.54, 1.807) is 12.1 Å². The molecule has 170 valence electrons. The van der Waals surface area contributed by atoms with Crippen LogP contribution in [0.2, 0.25) is 0 Å². The molecule has 1 aliphatic heterocycles. The lowest BCUT2D eigenvalue weighted by atomic mass is 10.1. The Hall–Kier alpha value is -2.20. The SMILES string of the molecule is CCNC(=NCc1ccc(OC)c(O)c1)NCc1ccc(C)cc1OC1CCOC1.I. The van der Waals surface area contributed by atoms with Crippen molar-refractivity contribution in [1.29, 1.82) is 0 Å². The van der Waals surface area contributed by atoms with E-state index in [4.69, 9.17) is 14.2 Å². The van der Waals surface area contributed by atoms with Gasteiger partial charge in [-0.05, 0) is 43.2 Å². The quantitative estimate of drug-likeness (QED) is 0.268. The molecule has 3 N–H and O–H groups in total. The number of nitrogens with one attached hydrogen (secondary N) is 2. The zero-order chi connectivity index (χ0) is 21.3. The number of halogens is 1. The number of benzene rings is 2. The lowest BCUT2D eigenvalue weighted by Crippen LogP contribution is -2.37. The Bertz CT molecular complexity index is 870. The predicted octanol–water partition coefficient (Wildman–Crippen LogP) is 3.75. The largest absolute Gasteiger partial charge is 0.504 e. The molecule has 0 radical (unpaired) electrons. The van der Waals surface area contributed by atoms with Crippen LogP contribution in [-0.2, 0) is 17.8 Å². The third kappa shape index (κ3) is 7.46. The maximum Gasteiger partial charge on any atom is 0.191 e. The van der Waals surface area contributed by atoms with Crippen molar-refractivity contribution < 1.29 is 19.3 Å².